The van der Waals surface area contributed by atoms with Gasteiger partial charge in [0.2, 0.25) is 21.8 Å². The van der Waals surface area contributed by atoms with E-state index in [1.54, 1.807) is 7.11 Å². The summed E-state index contributed by atoms with van der Waals surface area (Å²) in [7, 11) is -2.21. The van der Waals surface area contributed by atoms with E-state index in [-0.39, 0.29) is 37.0 Å². The van der Waals surface area contributed by atoms with Gasteiger partial charge in [-0.1, -0.05) is 32.4 Å². The number of hydrogen-bond donors (Lipinski definition) is 3. The van der Waals surface area contributed by atoms with E-state index in [1.807, 2.05) is 42.7 Å². The molecular weight excluding hydrogens is 703 g/mol. The van der Waals surface area contributed by atoms with Gasteiger partial charge in [0, 0.05) is 34.9 Å². The summed E-state index contributed by atoms with van der Waals surface area (Å²) < 4.78 is 40.2. The maximum absolute atomic E-state index is 14.2. The van der Waals surface area contributed by atoms with Crippen LogP contribution >= 0.6 is 11.3 Å². The molecule has 14 heteroatoms. The number of ether oxygens (including phenoxy) is 2. The number of nitrogens with one attached hydrogen (secondary N) is 3. The van der Waals surface area contributed by atoms with Crippen LogP contribution in [0.5, 0.6) is 11.5 Å². The number of benzene rings is 1. The first-order chi connectivity index (χ1) is 24.9. The Morgan fingerprint density at radius 3 is 2.54 bits per heavy atom. The molecule has 3 fully saturated rings. The molecule has 0 radical (unpaired) electrons. The van der Waals surface area contributed by atoms with Gasteiger partial charge in [-0.3, -0.25) is 19.1 Å². The van der Waals surface area contributed by atoms with Crippen molar-refractivity contribution in [3.8, 4) is 22.2 Å². The highest BCUT2D eigenvalue weighted by Crippen LogP contribution is 2.47. The van der Waals surface area contributed by atoms with Crippen molar-refractivity contribution in [2.45, 2.75) is 101 Å². The molecule has 3 aliphatic carbocycles. The van der Waals surface area contributed by atoms with Crippen molar-refractivity contribution in [3.63, 3.8) is 0 Å². The highest BCUT2D eigenvalue weighted by atomic mass is 32.2. The molecule has 52 heavy (non-hydrogen) atoms. The third-order valence-electron chi connectivity index (χ3n) is 10.9. The van der Waals surface area contributed by atoms with E-state index in [1.165, 1.54) is 11.3 Å². The Bertz CT molecular complexity index is 2020. The van der Waals surface area contributed by atoms with Crippen molar-refractivity contribution in [1.29, 1.82) is 0 Å². The lowest BCUT2D eigenvalue weighted by Gasteiger charge is -2.23. The monoisotopic (exact) mass is 749 g/mol. The number of hydrogen-bond acceptors (Lipinski definition) is 10. The fourth-order valence-corrected chi connectivity index (χ4v) is 9.77. The largest absolute Gasteiger partial charge is 0.496 e. The molecule has 1 unspecified atom stereocenters. The first kappa shape index (κ1) is 36.3. The van der Waals surface area contributed by atoms with Gasteiger partial charge in [0.15, 0.2) is 0 Å². The smallest absolute Gasteiger partial charge is 0.259 e. The molecule has 0 saturated heterocycles. The van der Waals surface area contributed by atoms with Gasteiger partial charge in [-0.2, -0.15) is 0 Å². The van der Waals surface area contributed by atoms with Gasteiger partial charge in [-0.05, 0) is 76.3 Å². The van der Waals surface area contributed by atoms with Gasteiger partial charge in [-0.25, -0.2) is 18.4 Å². The lowest BCUT2D eigenvalue weighted by atomic mass is 9.93. The summed E-state index contributed by atoms with van der Waals surface area (Å²) in [5, 5.41) is 8.97. The number of carbonyl (C=O) groups excluding carboxylic acids is 3. The molecule has 5 atom stereocenters. The van der Waals surface area contributed by atoms with E-state index in [2.05, 4.69) is 29.2 Å². The van der Waals surface area contributed by atoms with E-state index in [0.29, 0.717) is 42.1 Å². The number of methoxy groups -OCH3 is 1. The summed E-state index contributed by atoms with van der Waals surface area (Å²) >= 11 is 1.51. The van der Waals surface area contributed by atoms with Crippen LogP contribution in [0.2, 0.25) is 0 Å². The van der Waals surface area contributed by atoms with Crippen LogP contribution in [0.25, 0.3) is 21.6 Å². The van der Waals surface area contributed by atoms with Crippen LogP contribution < -0.4 is 24.8 Å². The number of rotatable bonds is 8. The van der Waals surface area contributed by atoms with Crippen LogP contribution in [0.1, 0.15) is 88.8 Å². The maximum atomic E-state index is 14.2. The molecule has 3 saturated carbocycles. The van der Waals surface area contributed by atoms with Crippen molar-refractivity contribution in [2.24, 2.45) is 17.8 Å². The molecule has 0 spiro atoms. The number of thiazole rings is 1. The SMILES string of the molecule is COc1ccc2c(O[C@H]3CC4C(=O)NCCCCC/C=C\[C@@H]5C[C@@]5(C(=O)NS(=O)(=O)C5CC5)NC(=O)[C@@H]4C3)cc(-c3nc(C(C)C)cs3)nc2c1C. The molecular formula is C38H47N5O7S2. The summed E-state index contributed by atoms with van der Waals surface area (Å²) in [5.41, 5.74) is 1.78. The zero-order valence-corrected chi connectivity index (χ0v) is 31.7. The lowest BCUT2D eigenvalue weighted by Crippen LogP contribution is -2.54. The molecule has 4 aliphatic rings. The van der Waals surface area contributed by atoms with Crippen molar-refractivity contribution < 1.29 is 32.3 Å². The average molecular weight is 750 g/mol. The van der Waals surface area contributed by atoms with Crippen LogP contribution in [-0.4, -0.2) is 66.7 Å². The van der Waals surface area contributed by atoms with Gasteiger partial charge >= 0.3 is 0 Å². The van der Waals surface area contributed by atoms with Gasteiger partial charge in [-0.15, -0.1) is 11.3 Å². The van der Waals surface area contributed by atoms with E-state index < -0.39 is 50.6 Å². The molecule has 1 aliphatic heterocycles. The van der Waals surface area contributed by atoms with Gasteiger partial charge < -0.3 is 20.1 Å². The molecule has 3 heterocycles. The highest BCUT2D eigenvalue weighted by molar-refractivity contribution is 7.91. The van der Waals surface area contributed by atoms with E-state index >= 15 is 0 Å². The number of carbonyl (C=O) groups is 3. The Hall–Kier alpha value is -4.04. The quantitative estimate of drug-likeness (QED) is 0.259. The summed E-state index contributed by atoms with van der Waals surface area (Å²) in [6, 6.07) is 5.65. The van der Waals surface area contributed by atoms with Crippen molar-refractivity contribution in [3.05, 3.63) is 47.0 Å². The summed E-state index contributed by atoms with van der Waals surface area (Å²) in [6.45, 7) is 6.63. The second kappa shape index (κ2) is 14.4. The molecule has 2 aromatic heterocycles. The number of pyridine rings is 1. The Morgan fingerprint density at radius 2 is 1.83 bits per heavy atom. The third-order valence-corrected chi connectivity index (χ3v) is 13.6. The Kier molecular flexibility index (Phi) is 10.1. The van der Waals surface area contributed by atoms with E-state index in [0.717, 1.165) is 47.3 Å². The van der Waals surface area contributed by atoms with Crippen molar-refractivity contribution in [2.75, 3.05) is 13.7 Å². The number of fused-ring (bicyclic) bond motifs is 3. The Labute approximate surface area is 308 Å². The third kappa shape index (κ3) is 7.28. The fourth-order valence-electron chi connectivity index (χ4n) is 7.47. The highest BCUT2D eigenvalue weighted by Gasteiger charge is 2.62. The van der Waals surface area contributed by atoms with E-state index in [4.69, 9.17) is 19.4 Å². The van der Waals surface area contributed by atoms with Gasteiger partial charge in [0.25, 0.3) is 5.91 Å². The minimum Gasteiger partial charge on any atom is -0.496 e. The van der Waals surface area contributed by atoms with Crippen LogP contribution in [0, 0.1) is 24.7 Å². The number of sulfonamides is 1. The molecule has 278 valence electrons. The molecule has 3 N–H and O–H groups in total. The molecule has 3 aromatic rings. The van der Waals surface area contributed by atoms with Crippen LogP contribution in [0.15, 0.2) is 35.7 Å². The number of nitrogens with zero attached hydrogens (tertiary/aromatic N) is 2. The summed E-state index contributed by atoms with van der Waals surface area (Å²) in [4.78, 5) is 51.4. The topological polar surface area (TPSA) is 166 Å². The first-order valence-electron chi connectivity index (χ1n) is 18.3. The van der Waals surface area contributed by atoms with Crippen LogP contribution in [0.3, 0.4) is 0 Å². The average Bonchev–Trinajstić information content (AvgIpc) is 3.98. The lowest BCUT2D eigenvalue weighted by molar-refractivity contribution is -0.136. The summed E-state index contributed by atoms with van der Waals surface area (Å²) in [5.74, 6) is -1.75. The molecule has 3 amide bonds. The molecule has 12 nitrogen and oxygen atoms in total. The number of aromatic nitrogens is 2. The Morgan fingerprint density at radius 1 is 1.06 bits per heavy atom. The van der Waals surface area contributed by atoms with Crippen molar-refractivity contribution in [1.82, 2.24) is 25.3 Å². The number of allylic oxidation sites excluding steroid dienone is 1. The second-order valence-corrected chi connectivity index (χ2v) is 17.8. The molecule has 1 aromatic carbocycles. The zero-order valence-electron chi connectivity index (χ0n) is 30.1. The predicted molar refractivity (Wildman–Crippen MR) is 199 cm³/mol. The van der Waals surface area contributed by atoms with Crippen LogP contribution in [-0.2, 0) is 24.4 Å². The van der Waals surface area contributed by atoms with Gasteiger partial charge in [0.1, 0.15) is 33.8 Å². The van der Waals surface area contributed by atoms with Gasteiger partial charge in [0.05, 0.1) is 35.4 Å². The Balaban J connectivity index is 1.20. The van der Waals surface area contributed by atoms with E-state index in [9.17, 15) is 22.8 Å². The fraction of sp³-hybridized carbons (Fsp3) is 0.553. The van der Waals surface area contributed by atoms with Crippen molar-refractivity contribution >= 4 is 50.0 Å². The first-order valence-corrected chi connectivity index (χ1v) is 20.8. The number of aryl methyl sites for hydroxylation is 1. The normalized spacial score (nSPS) is 27.4. The van der Waals surface area contributed by atoms with Crippen LogP contribution in [0.4, 0.5) is 0 Å². The zero-order chi connectivity index (χ0) is 36.8. The number of amides is 3. The standard InChI is InChI=1S/C38H47N5O7S2/c1-21(2)30-20-51-36(41-30)29-18-32(26-13-14-31(49-4)22(3)33(26)40-29)50-24-16-27-28(17-24)35(45)42-38(37(46)43-52(47,48)25-11-12-25)19-23(38)10-8-6-5-7-9-15-39-34(27)44/h8,10,13-14,18,20-21,23-25,27-28H,5-7,9,11-12,15-17,19H2,1-4H3,(H,39,44)(H,42,45)(H,43,46)/b10-8-/t23-,24+,27?,28-,38-/m1/s1. The minimum atomic E-state index is -3.83. The minimum absolute atomic E-state index is 0.228. The maximum Gasteiger partial charge on any atom is 0.259 e. The predicted octanol–water partition coefficient (Wildman–Crippen LogP) is 5.30. The second-order valence-electron chi connectivity index (χ2n) is 15.0. The molecule has 0 bridgehead atoms. The molecule has 7 rings (SSSR count). The summed E-state index contributed by atoms with van der Waals surface area (Å²) in [6.07, 6.45) is 8.65.